The van der Waals surface area contributed by atoms with E-state index in [1.807, 2.05) is 13.0 Å². The van der Waals surface area contributed by atoms with Crippen molar-refractivity contribution in [2.45, 2.75) is 6.92 Å². The van der Waals surface area contributed by atoms with E-state index in [0.717, 1.165) is 11.1 Å². The third-order valence-electron chi connectivity index (χ3n) is 1.93. The molecule has 4 heteroatoms. The topological polar surface area (TPSA) is 48.9 Å². The van der Waals surface area contributed by atoms with Gasteiger partial charge in [-0.25, -0.2) is 4.98 Å². The molecule has 1 aromatic carbocycles. The molecule has 0 aliphatic heterocycles. The molecule has 0 spiro atoms. The molecule has 66 valence electrons. The first-order valence-corrected chi connectivity index (χ1v) is 4.28. The molecule has 0 fully saturated rings. The molecule has 0 bridgehead atoms. The second kappa shape index (κ2) is 2.81. The number of rotatable bonds is 0. The first kappa shape index (κ1) is 8.19. The fourth-order valence-corrected chi connectivity index (χ4v) is 1.56. The fourth-order valence-electron chi connectivity index (χ4n) is 1.32. The number of phenols is 1. The van der Waals surface area contributed by atoms with Crippen molar-refractivity contribution >= 4 is 23.1 Å². The van der Waals surface area contributed by atoms with Crippen molar-refractivity contribution in [3.63, 3.8) is 0 Å². The monoisotopic (exact) mass is 192 g/mol. The molecule has 13 heavy (non-hydrogen) atoms. The van der Waals surface area contributed by atoms with Crippen LogP contribution in [0.25, 0.3) is 10.9 Å². The Labute approximate surface area is 80.1 Å². The Kier molecular flexibility index (Phi) is 1.77. The zero-order chi connectivity index (χ0) is 9.42. The summed E-state index contributed by atoms with van der Waals surface area (Å²) in [6.45, 7) is 1.87. The SMILES string of the molecule is Cc1nc(=S)[nH]c2c(O)cccc12. The maximum absolute atomic E-state index is 9.51. The van der Waals surface area contributed by atoms with E-state index < -0.39 is 0 Å². The van der Waals surface area contributed by atoms with Crippen molar-refractivity contribution in [2.75, 3.05) is 0 Å². The molecule has 0 radical (unpaired) electrons. The van der Waals surface area contributed by atoms with Crippen LogP contribution in [0.4, 0.5) is 0 Å². The van der Waals surface area contributed by atoms with Crippen molar-refractivity contribution in [2.24, 2.45) is 0 Å². The third kappa shape index (κ3) is 1.29. The van der Waals surface area contributed by atoms with Crippen LogP contribution in [0.2, 0.25) is 0 Å². The van der Waals surface area contributed by atoms with Crippen molar-refractivity contribution in [1.29, 1.82) is 0 Å². The Balaban J connectivity index is 3.03. The average Bonchev–Trinajstić information content (AvgIpc) is 2.07. The molecule has 1 heterocycles. The number of phenolic OH excluding ortho intramolecular Hbond substituents is 1. The molecule has 0 aliphatic carbocycles. The van der Waals surface area contributed by atoms with Gasteiger partial charge < -0.3 is 10.1 Å². The lowest BCUT2D eigenvalue weighted by Gasteiger charge is -2.02. The second-order valence-electron chi connectivity index (χ2n) is 2.83. The molecule has 1 aromatic heterocycles. The number of aromatic amines is 1. The van der Waals surface area contributed by atoms with E-state index in [1.165, 1.54) is 0 Å². The number of nitrogens with one attached hydrogen (secondary N) is 1. The third-order valence-corrected chi connectivity index (χ3v) is 2.13. The largest absolute Gasteiger partial charge is 0.506 e. The van der Waals surface area contributed by atoms with Crippen LogP contribution in [0, 0.1) is 11.7 Å². The molecule has 0 amide bonds. The summed E-state index contributed by atoms with van der Waals surface area (Å²) in [5, 5.41) is 10.4. The van der Waals surface area contributed by atoms with E-state index in [1.54, 1.807) is 12.1 Å². The summed E-state index contributed by atoms with van der Waals surface area (Å²) in [6.07, 6.45) is 0. The van der Waals surface area contributed by atoms with Crippen molar-refractivity contribution in [1.82, 2.24) is 9.97 Å². The van der Waals surface area contributed by atoms with Gasteiger partial charge in [-0.1, -0.05) is 12.1 Å². The average molecular weight is 192 g/mol. The molecular weight excluding hydrogens is 184 g/mol. The van der Waals surface area contributed by atoms with Gasteiger partial charge in [0.15, 0.2) is 4.77 Å². The standard InChI is InChI=1S/C9H8N2OS/c1-5-6-3-2-4-7(12)8(6)11-9(13)10-5/h2-4,12H,1H3,(H,10,11,13). The molecule has 0 saturated heterocycles. The van der Waals surface area contributed by atoms with Crippen LogP contribution in [-0.4, -0.2) is 15.1 Å². The fraction of sp³-hybridized carbons (Fsp3) is 0.111. The highest BCUT2D eigenvalue weighted by Crippen LogP contribution is 2.22. The summed E-state index contributed by atoms with van der Waals surface area (Å²) < 4.78 is 0.395. The minimum atomic E-state index is 0.203. The number of aromatic nitrogens is 2. The first-order valence-electron chi connectivity index (χ1n) is 3.87. The Morgan fingerprint density at radius 3 is 3.00 bits per heavy atom. The summed E-state index contributed by atoms with van der Waals surface area (Å²) in [5.74, 6) is 0.203. The number of H-pyrrole nitrogens is 1. The maximum Gasteiger partial charge on any atom is 0.197 e. The highest BCUT2D eigenvalue weighted by Gasteiger charge is 2.02. The molecular formula is C9H8N2OS. The number of para-hydroxylation sites is 1. The number of fused-ring (bicyclic) bond motifs is 1. The van der Waals surface area contributed by atoms with Gasteiger partial charge in [0, 0.05) is 5.39 Å². The summed E-state index contributed by atoms with van der Waals surface area (Å²) in [6, 6.07) is 5.29. The Morgan fingerprint density at radius 1 is 1.46 bits per heavy atom. The molecule has 0 aliphatic rings. The number of aryl methyl sites for hydroxylation is 1. The van der Waals surface area contributed by atoms with Crippen LogP contribution in [-0.2, 0) is 0 Å². The Hall–Kier alpha value is -1.42. The predicted molar refractivity (Wildman–Crippen MR) is 53.3 cm³/mol. The lowest BCUT2D eigenvalue weighted by atomic mass is 10.2. The van der Waals surface area contributed by atoms with Crippen LogP contribution in [0.5, 0.6) is 5.75 Å². The van der Waals surface area contributed by atoms with Crippen molar-refractivity contribution in [3.8, 4) is 5.75 Å². The first-order chi connectivity index (χ1) is 6.18. The summed E-state index contributed by atoms with van der Waals surface area (Å²) in [7, 11) is 0. The van der Waals surface area contributed by atoms with Gasteiger partial charge in [0.2, 0.25) is 0 Å². The Bertz CT molecular complexity index is 518. The van der Waals surface area contributed by atoms with E-state index in [2.05, 4.69) is 9.97 Å². The highest BCUT2D eigenvalue weighted by atomic mass is 32.1. The van der Waals surface area contributed by atoms with E-state index in [0.29, 0.717) is 10.3 Å². The number of hydrogen-bond acceptors (Lipinski definition) is 3. The zero-order valence-electron chi connectivity index (χ0n) is 7.03. The smallest absolute Gasteiger partial charge is 0.197 e. The molecule has 2 aromatic rings. The highest BCUT2D eigenvalue weighted by molar-refractivity contribution is 7.71. The van der Waals surface area contributed by atoms with Gasteiger partial charge in [-0.05, 0) is 25.2 Å². The predicted octanol–water partition coefficient (Wildman–Crippen LogP) is 2.31. The summed E-state index contributed by atoms with van der Waals surface area (Å²) >= 11 is 4.91. The van der Waals surface area contributed by atoms with Gasteiger partial charge in [0.25, 0.3) is 0 Å². The molecule has 0 atom stereocenters. The van der Waals surface area contributed by atoms with Gasteiger partial charge in [-0.3, -0.25) is 0 Å². The molecule has 2 N–H and O–H groups in total. The van der Waals surface area contributed by atoms with Crippen LogP contribution >= 0.6 is 12.2 Å². The van der Waals surface area contributed by atoms with Crippen LogP contribution < -0.4 is 0 Å². The van der Waals surface area contributed by atoms with Gasteiger partial charge in [0.05, 0.1) is 11.2 Å². The minimum Gasteiger partial charge on any atom is -0.506 e. The van der Waals surface area contributed by atoms with Gasteiger partial charge in [-0.15, -0.1) is 0 Å². The zero-order valence-corrected chi connectivity index (χ0v) is 7.85. The summed E-state index contributed by atoms with van der Waals surface area (Å²) in [5.41, 5.74) is 1.48. The van der Waals surface area contributed by atoms with E-state index >= 15 is 0 Å². The van der Waals surface area contributed by atoms with E-state index in [-0.39, 0.29) is 5.75 Å². The maximum atomic E-state index is 9.51. The van der Waals surface area contributed by atoms with Crippen LogP contribution in [0.3, 0.4) is 0 Å². The molecule has 0 unspecified atom stereocenters. The van der Waals surface area contributed by atoms with Crippen molar-refractivity contribution < 1.29 is 5.11 Å². The van der Waals surface area contributed by atoms with Crippen molar-refractivity contribution in [3.05, 3.63) is 28.7 Å². The number of benzene rings is 1. The molecule has 0 saturated carbocycles. The van der Waals surface area contributed by atoms with Gasteiger partial charge in [-0.2, -0.15) is 0 Å². The van der Waals surface area contributed by atoms with Crippen LogP contribution in [0.15, 0.2) is 18.2 Å². The number of hydrogen-bond donors (Lipinski definition) is 2. The number of nitrogens with zero attached hydrogens (tertiary/aromatic N) is 1. The van der Waals surface area contributed by atoms with Gasteiger partial charge >= 0.3 is 0 Å². The molecule has 2 rings (SSSR count). The lowest BCUT2D eigenvalue weighted by Crippen LogP contribution is -1.89. The Morgan fingerprint density at radius 2 is 2.23 bits per heavy atom. The molecule has 3 nitrogen and oxygen atoms in total. The van der Waals surface area contributed by atoms with E-state index in [4.69, 9.17) is 12.2 Å². The minimum absolute atomic E-state index is 0.203. The quantitative estimate of drug-likeness (QED) is 0.630. The lowest BCUT2D eigenvalue weighted by molar-refractivity contribution is 0.480. The normalized spacial score (nSPS) is 10.5. The number of aromatic hydroxyl groups is 1. The van der Waals surface area contributed by atoms with E-state index in [9.17, 15) is 5.11 Å². The summed E-state index contributed by atoms with van der Waals surface area (Å²) in [4.78, 5) is 6.94. The second-order valence-corrected chi connectivity index (χ2v) is 3.21. The van der Waals surface area contributed by atoms with Crippen LogP contribution in [0.1, 0.15) is 5.69 Å². The van der Waals surface area contributed by atoms with Gasteiger partial charge in [0.1, 0.15) is 5.75 Å².